The normalized spacial score (nSPS) is 31.1. The van der Waals surface area contributed by atoms with Gasteiger partial charge < -0.3 is 0 Å². The molecule has 1 heteroatoms. The lowest BCUT2D eigenvalue weighted by Gasteiger charge is -2.38. The number of benzene rings is 1. The minimum absolute atomic E-state index is 0.00590. The molecule has 3 rings (SSSR count). The molecule has 0 nitrogen and oxygen atoms in total. The predicted octanol–water partition coefficient (Wildman–Crippen LogP) is 7.27. The predicted molar refractivity (Wildman–Crippen MR) is 101 cm³/mol. The van der Waals surface area contributed by atoms with Crippen molar-refractivity contribution in [1.29, 1.82) is 0 Å². The molecule has 2 saturated carbocycles. The molecule has 0 N–H and O–H groups in total. The molecule has 2 aliphatic rings. The first kappa shape index (κ1) is 18.0. The van der Waals surface area contributed by atoms with Crippen LogP contribution in [0, 0.1) is 23.6 Å². The summed E-state index contributed by atoms with van der Waals surface area (Å²) in [5.74, 6) is 3.55. The highest BCUT2D eigenvalue weighted by atomic mass is 19.1. The molecule has 0 unspecified atom stereocenters. The van der Waals surface area contributed by atoms with Gasteiger partial charge in [0, 0.05) is 0 Å². The Kier molecular flexibility index (Phi) is 6.36. The fourth-order valence-electron chi connectivity index (χ4n) is 5.38. The second-order valence-corrected chi connectivity index (χ2v) is 8.39. The molecule has 0 saturated heterocycles. The van der Waals surface area contributed by atoms with Crippen LogP contribution >= 0.6 is 0 Å². The van der Waals surface area contributed by atoms with Gasteiger partial charge in [-0.2, -0.15) is 0 Å². The molecule has 0 aliphatic heterocycles. The quantitative estimate of drug-likeness (QED) is 0.532. The van der Waals surface area contributed by atoms with Gasteiger partial charge in [0.1, 0.15) is 5.82 Å². The monoisotopic (exact) mass is 330 g/mol. The zero-order valence-electron chi connectivity index (χ0n) is 15.7. The lowest BCUT2D eigenvalue weighted by atomic mass is 9.68. The van der Waals surface area contributed by atoms with Crippen molar-refractivity contribution in [3.63, 3.8) is 0 Å². The first-order valence-corrected chi connectivity index (χ1v) is 10.5. The first-order valence-electron chi connectivity index (χ1n) is 10.5. The standard InChI is InChI=1S/C23H35F/c1-3-5-17-6-8-19(9-7-17)20-11-13-21(14-12-20)22-15-10-18(4-2)23(24)16-22/h10,15-17,19-21H,3-9,11-14H2,1-2H3/t17-,19-,20-,21-. The Morgan fingerprint density at radius 2 is 1.50 bits per heavy atom. The van der Waals surface area contributed by atoms with Gasteiger partial charge in [0.2, 0.25) is 0 Å². The van der Waals surface area contributed by atoms with Crippen LogP contribution in [-0.2, 0) is 6.42 Å². The third-order valence-corrected chi connectivity index (χ3v) is 6.96. The smallest absolute Gasteiger partial charge is 0.126 e. The molecule has 0 bridgehead atoms. The molecule has 2 fully saturated rings. The van der Waals surface area contributed by atoms with Crippen LogP contribution < -0.4 is 0 Å². The Hall–Kier alpha value is -0.850. The van der Waals surface area contributed by atoms with Crippen LogP contribution in [0.4, 0.5) is 4.39 Å². The Bertz CT molecular complexity index is 505. The Labute approximate surface area is 148 Å². The lowest BCUT2D eigenvalue weighted by molar-refractivity contribution is 0.156. The minimum atomic E-state index is 0.00590. The van der Waals surface area contributed by atoms with E-state index >= 15 is 0 Å². The molecular weight excluding hydrogens is 295 g/mol. The molecule has 2 aliphatic carbocycles. The van der Waals surface area contributed by atoms with E-state index in [1.54, 1.807) is 0 Å². The Balaban J connectivity index is 1.50. The van der Waals surface area contributed by atoms with E-state index in [4.69, 9.17) is 0 Å². The molecule has 0 amide bonds. The van der Waals surface area contributed by atoms with Crippen molar-refractivity contribution in [1.82, 2.24) is 0 Å². The van der Waals surface area contributed by atoms with Crippen LogP contribution in [0.25, 0.3) is 0 Å². The largest absolute Gasteiger partial charge is 0.207 e. The summed E-state index contributed by atoms with van der Waals surface area (Å²) < 4.78 is 14.1. The molecule has 1 aromatic rings. The summed E-state index contributed by atoms with van der Waals surface area (Å²) in [5.41, 5.74) is 2.10. The fraction of sp³-hybridized carbons (Fsp3) is 0.739. The van der Waals surface area contributed by atoms with Gasteiger partial charge in [0.25, 0.3) is 0 Å². The molecule has 0 atom stereocenters. The van der Waals surface area contributed by atoms with E-state index in [2.05, 4.69) is 13.0 Å². The van der Waals surface area contributed by atoms with Crippen molar-refractivity contribution in [2.24, 2.45) is 17.8 Å². The highest BCUT2D eigenvalue weighted by Crippen LogP contribution is 2.44. The summed E-state index contributed by atoms with van der Waals surface area (Å²) in [6.07, 6.45) is 14.8. The SMILES string of the molecule is CCC[C@H]1CC[C@H]([C@H]2CC[C@H](c3ccc(CC)c(F)c3)CC2)CC1. The van der Waals surface area contributed by atoms with E-state index in [0.717, 1.165) is 29.7 Å². The summed E-state index contributed by atoms with van der Waals surface area (Å²) in [6, 6.07) is 6.01. The van der Waals surface area contributed by atoms with Gasteiger partial charge in [-0.15, -0.1) is 0 Å². The molecule has 0 aromatic heterocycles. The maximum Gasteiger partial charge on any atom is 0.126 e. The van der Waals surface area contributed by atoms with E-state index < -0.39 is 0 Å². The van der Waals surface area contributed by atoms with Gasteiger partial charge >= 0.3 is 0 Å². The molecule has 0 heterocycles. The minimum Gasteiger partial charge on any atom is -0.207 e. The molecule has 0 spiro atoms. The zero-order chi connectivity index (χ0) is 16.9. The lowest BCUT2D eigenvalue weighted by Crippen LogP contribution is -2.25. The number of halogens is 1. The van der Waals surface area contributed by atoms with Gasteiger partial charge in [-0.05, 0) is 85.8 Å². The first-order chi connectivity index (χ1) is 11.7. The van der Waals surface area contributed by atoms with E-state index in [0.29, 0.717) is 5.92 Å². The number of hydrogen-bond acceptors (Lipinski definition) is 0. The van der Waals surface area contributed by atoms with E-state index in [1.807, 2.05) is 19.1 Å². The summed E-state index contributed by atoms with van der Waals surface area (Å²) >= 11 is 0. The third kappa shape index (κ3) is 4.21. The molecule has 0 radical (unpaired) electrons. The number of aryl methyl sites for hydroxylation is 1. The number of hydrogen-bond donors (Lipinski definition) is 0. The van der Waals surface area contributed by atoms with Gasteiger partial charge in [0.15, 0.2) is 0 Å². The summed E-state index contributed by atoms with van der Waals surface area (Å²) in [4.78, 5) is 0. The van der Waals surface area contributed by atoms with Crippen LogP contribution in [0.2, 0.25) is 0 Å². The summed E-state index contributed by atoms with van der Waals surface area (Å²) in [6.45, 7) is 4.35. The zero-order valence-corrected chi connectivity index (χ0v) is 15.7. The second kappa shape index (κ2) is 8.50. The Morgan fingerprint density at radius 1 is 0.875 bits per heavy atom. The van der Waals surface area contributed by atoms with Crippen LogP contribution in [0.1, 0.15) is 95.1 Å². The van der Waals surface area contributed by atoms with E-state index in [-0.39, 0.29) is 5.82 Å². The van der Waals surface area contributed by atoms with Crippen molar-refractivity contribution >= 4 is 0 Å². The molecule has 134 valence electrons. The van der Waals surface area contributed by atoms with Crippen LogP contribution in [0.3, 0.4) is 0 Å². The van der Waals surface area contributed by atoms with Gasteiger partial charge in [0.05, 0.1) is 0 Å². The van der Waals surface area contributed by atoms with Crippen LogP contribution in [0.5, 0.6) is 0 Å². The topological polar surface area (TPSA) is 0 Å². The highest BCUT2D eigenvalue weighted by Gasteiger charge is 2.31. The van der Waals surface area contributed by atoms with Crippen molar-refractivity contribution in [3.05, 3.63) is 35.1 Å². The van der Waals surface area contributed by atoms with E-state index in [1.165, 1.54) is 69.8 Å². The average molecular weight is 331 g/mol. The molecule has 1 aromatic carbocycles. The average Bonchev–Trinajstić information content (AvgIpc) is 2.63. The fourth-order valence-corrected chi connectivity index (χ4v) is 5.38. The van der Waals surface area contributed by atoms with E-state index in [9.17, 15) is 4.39 Å². The van der Waals surface area contributed by atoms with Gasteiger partial charge in [-0.25, -0.2) is 4.39 Å². The van der Waals surface area contributed by atoms with Crippen molar-refractivity contribution < 1.29 is 4.39 Å². The van der Waals surface area contributed by atoms with Gasteiger partial charge in [-0.3, -0.25) is 0 Å². The van der Waals surface area contributed by atoms with Crippen molar-refractivity contribution in [2.75, 3.05) is 0 Å². The number of rotatable bonds is 5. The van der Waals surface area contributed by atoms with Crippen LogP contribution in [0.15, 0.2) is 18.2 Å². The summed E-state index contributed by atoms with van der Waals surface area (Å²) in [5, 5.41) is 0. The van der Waals surface area contributed by atoms with Gasteiger partial charge in [-0.1, -0.05) is 51.7 Å². The maximum absolute atomic E-state index is 14.1. The highest BCUT2D eigenvalue weighted by molar-refractivity contribution is 5.27. The second-order valence-electron chi connectivity index (χ2n) is 8.39. The summed E-state index contributed by atoms with van der Waals surface area (Å²) in [7, 11) is 0. The van der Waals surface area contributed by atoms with Crippen molar-refractivity contribution in [3.8, 4) is 0 Å². The molecule has 24 heavy (non-hydrogen) atoms. The van der Waals surface area contributed by atoms with Crippen LogP contribution in [-0.4, -0.2) is 0 Å². The maximum atomic E-state index is 14.1. The Morgan fingerprint density at radius 3 is 2.04 bits per heavy atom. The molecular formula is C23H35F. The third-order valence-electron chi connectivity index (χ3n) is 6.96. The van der Waals surface area contributed by atoms with Crippen molar-refractivity contribution in [2.45, 2.75) is 90.4 Å².